The summed E-state index contributed by atoms with van der Waals surface area (Å²) in [7, 11) is -3.01. The lowest BCUT2D eigenvalue weighted by atomic mass is 10.2. The zero-order valence-electron chi connectivity index (χ0n) is 9.33. The Morgan fingerprint density at radius 2 is 2.35 bits per heavy atom. The van der Waals surface area contributed by atoms with Crippen LogP contribution in [0.5, 0.6) is 0 Å². The van der Waals surface area contributed by atoms with E-state index in [9.17, 15) is 13.2 Å². The van der Waals surface area contributed by atoms with Crippen molar-refractivity contribution in [3.63, 3.8) is 0 Å². The van der Waals surface area contributed by atoms with Crippen LogP contribution in [0.15, 0.2) is 0 Å². The minimum absolute atomic E-state index is 0.0183. The molecule has 0 aromatic carbocycles. The van der Waals surface area contributed by atoms with Crippen LogP contribution < -0.4 is 0 Å². The molecular formula is C8H13N5O3S. The Kier molecular flexibility index (Phi) is 3.09. The van der Waals surface area contributed by atoms with Crippen LogP contribution in [0.1, 0.15) is 24.0 Å². The molecule has 1 N–H and O–H groups in total. The standard InChI is InChI=1S/C8H13N5O3S/c1-2-13(6-3-4-17(15,16)5-6)8(14)7-9-11-12-10-7/h6H,2-5H2,1H3,(H,9,10,11,12). The molecule has 1 aromatic rings. The maximum atomic E-state index is 12.0. The van der Waals surface area contributed by atoms with Crippen molar-refractivity contribution in [1.29, 1.82) is 0 Å². The van der Waals surface area contributed by atoms with E-state index in [4.69, 9.17) is 0 Å². The van der Waals surface area contributed by atoms with Crippen molar-refractivity contribution in [2.24, 2.45) is 0 Å². The highest BCUT2D eigenvalue weighted by atomic mass is 32.2. The maximum Gasteiger partial charge on any atom is 0.295 e. The molecule has 1 aliphatic rings. The second kappa shape index (κ2) is 4.40. The van der Waals surface area contributed by atoms with Crippen molar-refractivity contribution in [3.05, 3.63) is 5.82 Å². The number of amides is 1. The molecule has 8 nitrogen and oxygen atoms in total. The molecule has 94 valence electrons. The van der Waals surface area contributed by atoms with Crippen LogP contribution in [0.25, 0.3) is 0 Å². The molecule has 0 saturated carbocycles. The summed E-state index contributed by atoms with van der Waals surface area (Å²) in [5.74, 6) is -0.266. The van der Waals surface area contributed by atoms with Gasteiger partial charge >= 0.3 is 0 Å². The quantitative estimate of drug-likeness (QED) is 0.734. The van der Waals surface area contributed by atoms with Gasteiger partial charge in [0.2, 0.25) is 0 Å². The fraction of sp³-hybridized carbons (Fsp3) is 0.750. The molecule has 1 saturated heterocycles. The van der Waals surface area contributed by atoms with Gasteiger partial charge < -0.3 is 4.90 Å². The SMILES string of the molecule is CCN(C(=O)c1nn[nH]n1)C1CCS(=O)(=O)C1. The molecule has 1 aliphatic heterocycles. The van der Waals surface area contributed by atoms with Crippen LogP contribution >= 0.6 is 0 Å². The van der Waals surface area contributed by atoms with Gasteiger partial charge in [0.1, 0.15) is 0 Å². The molecular weight excluding hydrogens is 246 g/mol. The Balaban J connectivity index is 2.15. The van der Waals surface area contributed by atoms with Crippen molar-refractivity contribution in [2.45, 2.75) is 19.4 Å². The van der Waals surface area contributed by atoms with Crippen molar-refractivity contribution in [2.75, 3.05) is 18.1 Å². The Bertz CT molecular complexity index is 497. The average molecular weight is 259 g/mol. The summed E-state index contributed by atoms with van der Waals surface area (Å²) in [5.41, 5.74) is 0. The fourth-order valence-corrected chi connectivity index (χ4v) is 3.70. The number of tetrazole rings is 1. The van der Waals surface area contributed by atoms with Gasteiger partial charge in [0.05, 0.1) is 11.5 Å². The Hall–Kier alpha value is -1.51. The second-order valence-corrected chi connectivity index (χ2v) is 6.11. The van der Waals surface area contributed by atoms with E-state index in [2.05, 4.69) is 20.6 Å². The first kappa shape index (κ1) is 12.0. The first-order chi connectivity index (χ1) is 8.03. The molecule has 2 heterocycles. The molecule has 17 heavy (non-hydrogen) atoms. The van der Waals surface area contributed by atoms with Gasteiger partial charge in [-0.05, 0) is 18.6 Å². The normalized spacial score (nSPS) is 22.5. The van der Waals surface area contributed by atoms with Gasteiger partial charge in [-0.2, -0.15) is 5.21 Å². The molecule has 9 heteroatoms. The third kappa shape index (κ3) is 2.43. The summed E-state index contributed by atoms with van der Waals surface area (Å²) in [4.78, 5) is 13.5. The van der Waals surface area contributed by atoms with Crippen LogP contribution in [0.4, 0.5) is 0 Å². The summed E-state index contributed by atoms with van der Waals surface area (Å²) in [5, 5.41) is 12.7. The van der Waals surface area contributed by atoms with Crippen LogP contribution in [-0.2, 0) is 9.84 Å². The van der Waals surface area contributed by atoms with Crippen LogP contribution in [0.3, 0.4) is 0 Å². The Labute approximate surface area is 98.3 Å². The predicted molar refractivity (Wildman–Crippen MR) is 57.9 cm³/mol. The summed E-state index contributed by atoms with van der Waals surface area (Å²) in [6.45, 7) is 2.22. The zero-order chi connectivity index (χ0) is 12.5. The molecule has 1 atom stereocenters. The first-order valence-corrected chi connectivity index (χ1v) is 7.10. The third-order valence-corrected chi connectivity index (χ3v) is 4.54. The Morgan fingerprint density at radius 1 is 1.59 bits per heavy atom. The van der Waals surface area contributed by atoms with Crippen molar-refractivity contribution < 1.29 is 13.2 Å². The minimum atomic E-state index is -3.01. The topological polar surface area (TPSA) is 109 Å². The van der Waals surface area contributed by atoms with Gasteiger partial charge in [0.25, 0.3) is 11.7 Å². The number of nitrogens with one attached hydrogen (secondary N) is 1. The lowest BCUT2D eigenvalue weighted by Crippen LogP contribution is -2.41. The highest BCUT2D eigenvalue weighted by Gasteiger charge is 2.35. The van der Waals surface area contributed by atoms with Gasteiger partial charge in [-0.1, -0.05) is 0 Å². The smallest absolute Gasteiger partial charge is 0.295 e. The number of H-pyrrole nitrogens is 1. The van der Waals surface area contributed by atoms with Gasteiger partial charge in [0, 0.05) is 12.6 Å². The highest BCUT2D eigenvalue weighted by molar-refractivity contribution is 7.91. The molecule has 0 radical (unpaired) electrons. The average Bonchev–Trinajstić information content (AvgIpc) is 2.88. The number of rotatable bonds is 3. The third-order valence-electron chi connectivity index (χ3n) is 2.79. The van der Waals surface area contributed by atoms with E-state index in [1.165, 1.54) is 4.90 Å². The highest BCUT2D eigenvalue weighted by Crippen LogP contribution is 2.18. The molecule has 0 bridgehead atoms. The second-order valence-electron chi connectivity index (χ2n) is 3.88. The molecule has 1 amide bonds. The van der Waals surface area contributed by atoms with E-state index in [1.807, 2.05) is 0 Å². The monoisotopic (exact) mass is 259 g/mol. The van der Waals surface area contributed by atoms with E-state index in [1.54, 1.807) is 6.92 Å². The van der Waals surface area contributed by atoms with E-state index in [-0.39, 0.29) is 29.3 Å². The first-order valence-electron chi connectivity index (χ1n) is 5.28. The minimum Gasteiger partial charge on any atom is -0.332 e. The number of carbonyl (C=O) groups excluding carboxylic acids is 1. The van der Waals surface area contributed by atoms with Crippen LogP contribution in [0, 0.1) is 0 Å². The molecule has 0 spiro atoms. The van der Waals surface area contributed by atoms with Crippen LogP contribution in [0.2, 0.25) is 0 Å². The van der Waals surface area contributed by atoms with Gasteiger partial charge in [-0.15, -0.1) is 10.2 Å². The number of aromatic amines is 1. The lowest BCUT2D eigenvalue weighted by Gasteiger charge is -2.25. The van der Waals surface area contributed by atoms with Crippen molar-refractivity contribution >= 4 is 15.7 Å². The summed E-state index contributed by atoms with van der Waals surface area (Å²) in [6, 6.07) is -0.281. The molecule has 2 rings (SSSR count). The molecule has 1 aromatic heterocycles. The molecule has 1 unspecified atom stereocenters. The number of nitrogens with zero attached hydrogens (tertiary/aromatic N) is 4. The number of hydrogen-bond acceptors (Lipinski definition) is 6. The number of sulfone groups is 1. The van der Waals surface area contributed by atoms with E-state index >= 15 is 0 Å². The predicted octanol–water partition coefficient (Wildman–Crippen LogP) is -1.15. The summed E-state index contributed by atoms with van der Waals surface area (Å²) < 4.78 is 22.8. The maximum absolute atomic E-state index is 12.0. The van der Waals surface area contributed by atoms with Gasteiger partial charge in [0.15, 0.2) is 9.84 Å². The molecule has 0 aliphatic carbocycles. The fourth-order valence-electron chi connectivity index (χ4n) is 1.97. The lowest BCUT2D eigenvalue weighted by molar-refractivity contribution is 0.0696. The number of aromatic nitrogens is 4. The van der Waals surface area contributed by atoms with E-state index in [0.717, 1.165) is 0 Å². The largest absolute Gasteiger partial charge is 0.332 e. The molecule has 1 fully saturated rings. The number of hydrogen-bond donors (Lipinski definition) is 1. The van der Waals surface area contributed by atoms with Crippen molar-refractivity contribution in [3.8, 4) is 0 Å². The van der Waals surface area contributed by atoms with Crippen LogP contribution in [-0.4, -0.2) is 63.9 Å². The number of carbonyl (C=O) groups is 1. The van der Waals surface area contributed by atoms with E-state index in [0.29, 0.717) is 13.0 Å². The van der Waals surface area contributed by atoms with Crippen molar-refractivity contribution in [1.82, 2.24) is 25.5 Å². The van der Waals surface area contributed by atoms with Gasteiger partial charge in [-0.3, -0.25) is 4.79 Å². The zero-order valence-corrected chi connectivity index (χ0v) is 10.1. The summed E-state index contributed by atoms with van der Waals surface area (Å²) in [6.07, 6.45) is 0.472. The van der Waals surface area contributed by atoms with E-state index < -0.39 is 9.84 Å². The Morgan fingerprint density at radius 3 is 2.82 bits per heavy atom. The summed E-state index contributed by atoms with van der Waals surface area (Å²) >= 11 is 0. The van der Waals surface area contributed by atoms with Gasteiger partial charge in [-0.25, -0.2) is 8.42 Å².